The molecule has 0 saturated carbocycles. The van der Waals surface area contributed by atoms with Gasteiger partial charge in [-0.05, 0) is 65.8 Å². The lowest BCUT2D eigenvalue weighted by molar-refractivity contribution is 0.309. The summed E-state index contributed by atoms with van der Waals surface area (Å²) in [6.45, 7) is 11.4. The summed E-state index contributed by atoms with van der Waals surface area (Å²) in [5, 5.41) is 9.74. The number of ether oxygens (including phenoxy) is 1. The normalized spacial score (nSPS) is 12.4. The number of unbranched alkanes of at least 4 members (excludes halogenated alkanes) is 1. The highest BCUT2D eigenvalue weighted by atomic mass is 16.5. The van der Waals surface area contributed by atoms with Crippen LogP contribution < -0.4 is 4.74 Å². The SMILES string of the molecule is CC.CCCCOc1ccc(C(c2ccc(O)cc2)C(C)c2ccccc2)c(C)c1. The summed E-state index contributed by atoms with van der Waals surface area (Å²) in [7, 11) is 0. The van der Waals surface area contributed by atoms with Crippen LogP contribution in [0.1, 0.15) is 74.6 Å². The van der Waals surface area contributed by atoms with Gasteiger partial charge in [0.15, 0.2) is 0 Å². The van der Waals surface area contributed by atoms with E-state index in [1.807, 2.05) is 26.0 Å². The minimum atomic E-state index is 0.202. The minimum absolute atomic E-state index is 0.202. The van der Waals surface area contributed by atoms with Crippen molar-refractivity contribution in [2.24, 2.45) is 0 Å². The lowest BCUT2D eigenvalue weighted by Gasteiger charge is -2.27. The zero-order valence-corrected chi connectivity index (χ0v) is 19.1. The molecule has 3 rings (SSSR count). The van der Waals surface area contributed by atoms with Gasteiger partial charge >= 0.3 is 0 Å². The van der Waals surface area contributed by atoms with Crippen LogP contribution >= 0.6 is 0 Å². The van der Waals surface area contributed by atoms with Crippen LogP contribution in [0.4, 0.5) is 0 Å². The Labute approximate surface area is 182 Å². The molecule has 0 heterocycles. The predicted molar refractivity (Wildman–Crippen MR) is 128 cm³/mol. The molecule has 2 atom stereocenters. The Balaban J connectivity index is 0.00000155. The smallest absolute Gasteiger partial charge is 0.119 e. The molecule has 0 radical (unpaired) electrons. The highest BCUT2D eigenvalue weighted by molar-refractivity contribution is 5.45. The molecular weight excluding hydrogens is 368 g/mol. The van der Waals surface area contributed by atoms with Crippen molar-refractivity contribution in [2.45, 2.75) is 59.3 Å². The molecule has 0 aromatic heterocycles. The monoisotopic (exact) mass is 404 g/mol. The number of aromatic hydroxyl groups is 1. The van der Waals surface area contributed by atoms with Gasteiger partial charge in [-0.2, -0.15) is 0 Å². The maximum absolute atomic E-state index is 9.74. The van der Waals surface area contributed by atoms with E-state index in [0.29, 0.717) is 11.7 Å². The van der Waals surface area contributed by atoms with E-state index in [-0.39, 0.29) is 5.92 Å². The van der Waals surface area contributed by atoms with Gasteiger partial charge in [0.1, 0.15) is 11.5 Å². The van der Waals surface area contributed by atoms with Crippen molar-refractivity contribution in [3.05, 3.63) is 95.1 Å². The molecule has 30 heavy (non-hydrogen) atoms. The number of aryl methyl sites for hydroxylation is 1. The lowest BCUT2D eigenvalue weighted by Crippen LogP contribution is -2.12. The summed E-state index contributed by atoms with van der Waals surface area (Å²) in [5.41, 5.74) is 5.04. The Morgan fingerprint density at radius 3 is 2.13 bits per heavy atom. The fourth-order valence-electron chi connectivity index (χ4n) is 3.79. The molecule has 2 nitrogen and oxygen atoms in total. The second kappa shape index (κ2) is 12.1. The first-order valence-electron chi connectivity index (χ1n) is 11.2. The molecule has 3 aromatic carbocycles. The average Bonchev–Trinajstić information content (AvgIpc) is 2.78. The number of rotatable bonds is 8. The van der Waals surface area contributed by atoms with Gasteiger partial charge in [-0.1, -0.05) is 82.6 Å². The standard InChI is InChI=1S/C26H30O2.C2H6/c1-4-5-17-28-24-15-16-25(19(2)18-24)26(22-11-13-23(27)14-12-22)20(3)21-9-7-6-8-10-21;1-2/h6-16,18,20,26-27H,4-5,17H2,1-3H3;1-2H3. The van der Waals surface area contributed by atoms with Gasteiger partial charge in [-0.3, -0.25) is 0 Å². The van der Waals surface area contributed by atoms with Crippen molar-refractivity contribution in [3.8, 4) is 11.5 Å². The van der Waals surface area contributed by atoms with E-state index >= 15 is 0 Å². The molecule has 0 amide bonds. The zero-order valence-electron chi connectivity index (χ0n) is 19.1. The van der Waals surface area contributed by atoms with Gasteiger partial charge in [-0.15, -0.1) is 0 Å². The van der Waals surface area contributed by atoms with Gasteiger partial charge in [0.2, 0.25) is 0 Å². The van der Waals surface area contributed by atoms with E-state index in [0.717, 1.165) is 25.2 Å². The van der Waals surface area contributed by atoms with Crippen LogP contribution in [0, 0.1) is 6.92 Å². The molecule has 0 fully saturated rings. The zero-order chi connectivity index (χ0) is 21.9. The predicted octanol–water partition coefficient (Wildman–Crippen LogP) is 7.84. The molecular formula is C28H36O2. The van der Waals surface area contributed by atoms with Crippen molar-refractivity contribution in [3.63, 3.8) is 0 Å². The Kier molecular flexibility index (Phi) is 9.47. The third kappa shape index (κ3) is 6.13. The highest BCUT2D eigenvalue weighted by Gasteiger charge is 2.24. The van der Waals surface area contributed by atoms with Crippen molar-refractivity contribution in [1.82, 2.24) is 0 Å². The first-order valence-corrected chi connectivity index (χ1v) is 11.2. The number of phenolic OH excluding ortho intramolecular Hbond substituents is 1. The van der Waals surface area contributed by atoms with Gasteiger partial charge in [0.05, 0.1) is 6.61 Å². The van der Waals surface area contributed by atoms with Crippen LogP contribution in [-0.4, -0.2) is 11.7 Å². The van der Waals surface area contributed by atoms with Crippen LogP contribution in [0.2, 0.25) is 0 Å². The van der Waals surface area contributed by atoms with Crippen LogP contribution in [0.15, 0.2) is 72.8 Å². The van der Waals surface area contributed by atoms with Crippen LogP contribution in [0.25, 0.3) is 0 Å². The second-order valence-corrected chi connectivity index (χ2v) is 7.49. The summed E-state index contributed by atoms with van der Waals surface area (Å²) < 4.78 is 5.90. The molecule has 3 aromatic rings. The first kappa shape index (κ1) is 23.5. The molecule has 2 unspecified atom stereocenters. The third-order valence-electron chi connectivity index (χ3n) is 5.42. The number of hydrogen-bond acceptors (Lipinski definition) is 2. The topological polar surface area (TPSA) is 29.5 Å². The van der Waals surface area contributed by atoms with Gasteiger partial charge < -0.3 is 9.84 Å². The quantitative estimate of drug-likeness (QED) is 0.387. The van der Waals surface area contributed by atoms with E-state index < -0.39 is 0 Å². The second-order valence-electron chi connectivity index (χ2n) is 7.49. The van der Waals surface area contributed by atoms with Crippen molar-refractivity contribution < 1.29 is 9.84 Å². The molecule has 0 spiro atoms. The Morgan fingerprint density at radius 2 is 1.53 bits per heavy atom. The molecule has 0 bridgehead atoms. The van der Waals surface area contributed by atoms with E-state index in [9.17, 15) is 5.11 Å². The third-order valence-corrected chi connectivity index (χ3v) is 5.42. The summed E-state index contributed by atoms with van der Waals surface area (Å²) in [5.74, 6) is 1.74. The summed E-state index contributed by atoms with van der Waals surface area (Å²) in [4.78, 5) is 0. The summed E-state index contributed by atoms with van der Waals surface area (Å²) >= 11 is 0. The van der Waals surface area contributed by atoms with Crippen molar-refractivity contribution in [2.75, 3.05) is 6.61 Å². The van der Waals surface area contributed by atoms with Gasteiger partial charge in [0, 0.05) is 5.92 Å². The van der Waals surface area contributed by atoms with E-state index in [4.69, 9.17) is 4.74 Å². The molecule has 0 aliphatic carbocycles. The molecule has 0 aliphatic heterocycles. The van der Waals surface area contributed by atoms with E-state index in [2.05, 4.69) is 69.3 Å². The van der Waals surface area contributed by atoms with E-state index in [1.54, 1.807) is 12.1 Å². The van der Waals surface area contributed by atoms with Crippen molar-refractivity contribution in [1.29, 1.82) is 0 Å². The van der Waals surface area contributed by atoms with Crippen LogP contribution in [0.5, 0.6) is 11.5 Å². The average molecular weight is 405 g/mol. The summed E-state index contributed by atoms with van der Waals surface area (Å²) in [6.07, 6.45) is 2.20. The number of benzene rings is 3. The first-order chi connectivity index (χ1) is 14.6. The van der Waals surface area contributed by atoms with Gasteiger partial charge in [-0.25, -0.2) is 0 Å². The number of hydrogen-bond donors (Lipinski definition) is 1. The fourth-order valence-corrected chi connectivity index (χ4v) is 3.79. The molecule has 0 aliphatic rings. The Hall–Kier alpha value is -2.74. The Bertz CT molecular complexity index is 869. The van der Waals surface area contributed by atoms with Crippen LogP contribution in [0.3, 0.4) is 0 Å². The van der Waals surface area contributed by atoms with Crippen molar-refractivity contribution >= 4 is 0 Å². The van der Waals surface area contributed by atoms with Gasteiger partial charge in [0.25, 0.3) is 0 Å². The van der Waals surface area contributed by atoms with Crippen LogP contribution in [-0.2, 0) is 0 Å². The van der Waals surface area contributed by atoms with E-state index in [1.165, 1.54) is 22.3 Å². The molecule has 160 valence electrons. The largest absolute Gasteiger partial charge is 0.508 e. The lowest BCUT2D eigenvalue weighted by atomic mass is 9.77. The number of phenols is 1. The molecule has 1 N–H and O–H groups in total. The highest BCUT2D eigenvalue weighted by Crippen LogP contribution is 2.40. The maximum atomic E-state index is 9.74. The fraction of sp³-hybridized carbons (Fsp3) is 0.357. The maximum Gasteiger partial charge on any atom is 0.119 e. The summed E-state index contributed by atoms with van der Waals surface area (Å²) in [6, 6.07) is 24.7. The Morgan fingerprint density at radius 1 is 0.867 bits per heavy atom. The molecule has 0 saturated heterocycles. The minimum Gasteiger partial charge on any atom is -0.508 e. The molecule has 2 heteroatoms.